The zero-order chi connectivity index (χ0) is 15.6. The molecule has 0 saturated heterocycles. The molecule has 5 nitrogen and oxygen atoms in total. The number of carboxylic acids is 1. The molecule has 1 N–H and O–H groups in total. The maximum Gasteiger partial charge on any atom is 0.435 e. The van der Waals surface area contributed by atoms with Crippen molar-refractivity contribution in [1.82, 2.24) is 15.0 Å². The molecule has 1 aromatic heterocycles. The number of nitrogens with zero attached hydrogens (tertiary/aromatic N) is 3. The predicted octanol–water partition coefficient (Wildman–Crippen LogP) is 2.61. The van der Waals surface area contributed by atoms with Gasteiger partial charge in [-0.2, -0.15) is 13.2 Å². The summed E-state index contributed by atoms with van der Waals surface area (Å²) in [7, 11) is 0. The average Bonchev–Trinajstić information content (AvgIpc) is 2.83. The molecule has 0 aliphatic carbocycles. The van der Waals surface area contributed by atoms with Gasteiger partial charge in [-0.25, -0.2) is 9.48 Å². The van der Waals surface area contributed by atoms with Crippen LogP contribution in [0.15, 0.2) is 24.3 Å². The van der Waals surface area contributed by atoms with Crippen molar-refractivity contribution in [3.05, 3.63) is 46.8 Å². The Morgan fingerprint density at radius 3 is 2.29 bits per heavy atom. The molecule has 0 amide bonds. The number of alkyl halides is 3. The summed E-state index contributed by atoms with van der Waals surface area (Å²) in [6, 6.07) is 6.97. The third-order valence-electron chi connectivity index (χ3n) is 2.97. The summed E-state index contributed by atoms with van der Waals surface area (Å²) in [6.07, 6.45) is -4.01. The number of hydrogen-bond donors (Lipinski definition) is 1. The van der Waals surface area contributed by atoms with Crippen LogP contribution < -0.4 is 0 Å². The van der Waals surface area contributed by atoms with E-state index in [0.29, 0.717) is 10.2 Å². The second-order valence-electron chi connectivity index (χ2n) is 4.42. The van der Waals surface area contributed by atoms with Gasteiger partial charge < -0.3 is 5.11 Å². The van der Waals surface area contributed by atoms with Crippen molar-refractivity contribution in [2.75, 3.05) is 0 Å². The Hall–Kier alpha value is -2.38. The van der Waals surface area contributed by atoms with Gasteiger partial charge in [-0.3, -0.25) is 0 Å². The SMILES string of the molecule is CCc1ccc(Cn2nnc(C(=O)O)c2C(F)(F)F)cc1. The topological polar surface area (TPSA) is 68.0 Å². The molecule has 21 heavy (non-hydrogen) atoms. The fourth-order valence-electron chi connectivity index (χ4n) is 1.90. The van der Waals surface area contributed by atoms with Crippen molar-refractivity contribution in [2.24, 2.45) is 0 Å². The first-order valence-corrected chi connectivity index (χ1v) is 6.14. The van der Waals surface area contributed by atoms with Gasteiger partial charge in [0.1, 0.15) is 0 Å². The second-order valence-corrected chi connectivity index (χ2v) is 4.42. The molecule has 1 aromatic carbocycles. The molecule has 2 rings (SSSR count). The van der Waals surface area contributed by atoms with E-state index < -0.39 is 23.5 Å². The van der Waals surface area contributed by atoms with Crippen molar-refractivity contribution in [1.29, 1.82) is 0 Å². The van der Waals surface area contributed by atoms with E-state index in [2.05, 4.69) is 10.3 Å². The van der Waals surface area contributed by atoms with Crippen molar-refractivity contribution in [3.63, 3.8) is 0 Å². The lowest BCUT2D eigenvalue weighted by Gasteiger charge is -2.10. The first-order chi connectivity index (χ1) is 9.82. The first kappa shape index (κ1) is 15.0. The Morgan fingerprint density at radius 1 is 1.24 bits per heavy atom. The van der Waals surface area contributed by atoms with Gasteiger partial charge in [-0.15, -0.1) is 5.10 Å². The van der Waals surface area contributed by atoms with E-state index in [1.807, 2.05) is 6.92 Å². The van der Waals surface area contributed by atoms with Gasteiger partial charge in [0.15, 0.2) is 5.69 Å². The summed E-state index contributed by atoms with van der Waals surface area (Å²) in [4.78, 5) is 10.8. The zero-order valence-corrected chi connectivity index (χ0v) is 11.1. The fraction of sp³-hybridized carbons (Fsp3) is 0.308. The Labute approximate surface area is 118 Å². The van der Waals surface area contributed by atoms with Gasteiger partial charge in [0.05, 0.1) is 6.54 Å². The Bertz CT molecular complexity index is 648. The monoisotopic (exact) mass is 299 g/mol. The molecule has 1 heterocycles. The highest BCUT2D eigenvalue weighted by Gasteiger charge is 2.41. The second kappa shape index (κ2) is 5.55. The average molecular weight is 299 g/mol. The van der Waals surface area contributed by atoms with Crippen LogP contribution in [0.5, 0.6) is 0 Å². The molecule has 112 valence electrons. The first-order valence-electron chi connectivity index (χ1n) is 6.14. The Morgan fingerprint density at radius 2 is 1.81 bits per heavy atom. The lowest BCUT2D eigenvalue weighted by atomic mass is 10.1. The van der Waals surface area contributed by atoms with Crippen molar-refractivity contribution < 1.29 is 23.1 Å². The van der Waals surface area contributed by atoms with Gasteiger partial charge in [-0.05, 0) is 17.5 Å². The molecule has 2 aromatic rings. The zero-order valence-electron chi connectivity index (χ0n) is 11.1. The number of aromatic nitrogens is 3. The van der Waals surface area contributed by atoms with E-state index in [0.717, 1.165) is 12.0 Å². The lowest BCUT2D eigenvalue weighted by Crippen LogP contribution is -2.18. The van der Waals surface area contributed by atoms with Crippen LogP contribution in [0.1, 0.15) is 34.2 Å². The van der Waals surface area contributed by atoms with Crippen molar-refractivity contribution >= 4 is 5.97 Å². The van der Waals surface area contributed by atoms with Crippen LogP contribution in [0.25, 0.3) is 0 Å². The van der Waals surface area contributed by atoms with Gasteiger partial charge in [-0.1, -0.05) is 36.4 Å². The minimum atomic E-state index is -4.83. The molecule has 0 atom stereocenters. The van der Waals surface area contributed by atoms with Crippen LogP contribution in [0.4, 0.5) is 13.2 Å². The van der Waals surface area contributed by atoms with E-state index in [9.17, 15) is 18.0 Å². The molecule has 0 radical (unpaired) electrons. The number of aromatic carboxylic acids is 1. The highest BCUT2D eigenvalue weighted by molar-refractivity contribution is 5.86. The van der Waals surface area contributed by atoms with Crippen LogP contribution in [0.2, 0.25) is 0 Å². The van der Waals surface area contributed by atoms with E-state index in [1.54, 1.807) is 24.3 Å². The molecule has 0 fully saturated rings. The summed E-state index contributed by atoms with van der Waals surface area (Å²) in [5, 5.41) is 15.2. The van der Waals surface area contributed by atoms with Gasteiger partial charge in [0, 0.05) is 0 Å². The fourth-order valence-corrected chi connectivity index (χ4v) is 1.90. The van der Waals surface area contributed by atoms with Crippen LogP contribution >= 0.6 is 0 Å². The van der Waals surface area contributed by atoms with E-state index in [4.69, 9.17) is 5.11 Å². The molecule has 0 spiro atoms. The maximum atomic E-state index is 13.0. The number of carboxylic acid groups (broad SMARTS) is 1. The molecular formula is C13H12F3N3O2. The molecule has 8 heteroatoms. The quantitative estimate of drug-likeness (QED) is 0.942. The number of aryl methyl sites for hydroxylation is 1. The van der Waals surface area contributed by atoms with Gasteiger partial charge in [0.2, 0.25) is 5.69 Å². The van der Waals surface area contributed by atoms with Gasteiger partial charge >= 0.3 is 12.1 Å². The summed E-state index contributed by atoms with van der Waals surface area (Å²) in [6.45, 7) is 1.77. The van der Waals surface area contributed by atoms with Crippen LogP contribution in [-0.2, 0) is 19.1 Å². The molecule has 0 aliphatic heterocycles. The van der Waals surface area contributed by atoms with E-state index in [1.165, 1.54) is 0 Å². The van der Waals surface area contributed by atoms with Crippen LogP contribution in [0.3, 0.4) is 0 Å². The molecule has 0 saturated carbocycles. The minimum absolute atomic E-state index is 0.195. The van der Waals surface area contributed by atoms with Crippen molar-refractivity contribution in [3.8, 4) is 0 Å². The summed E-state index contributed by atoms with van der Waals surface area (Å²) in [5.74, 6) is -1.75. The van der Waals surface area contributed by atoms with E-state index in [-0.39, 0.29) is 6.54 Å². The lowest BCUT2D eigenvalue weighted by molar-refractivity contribution is -0.144. The van der Waals surface area contributed by atoms with E-state index >= 15 is 0 Å². The van der Waals surface area contributed by atoms with Crippen LogP contribution in [-0.4, -0.2) is 26.1 Å². The smallest absolute Gasteiger partial charge is 0.435 e. The number of carbonyl (C=O) groups is 1. The van der Waals surface area contributed by atoms with Crippen molar-refractivity contribution in [2.45, 2.75) is 26.1 Å². The maximum absolute atomic E-state index is 13.0. The summed E-state index contributed by atoms with van der Waals surface area (Å²) in [5.41, 5.74) is -0.804. The minimum Gasteiger partial charge on any atom is -0.476 e. The highest BCUT2D eigenvalue weighted by Crippen LogP contribution is 2.31. The van der Waals surface area contributed by atoms with Crippen LogP contribution in [0, 0.1) is 0 Å². The molecule has 0 unspecified atom stereocenters. The normalized spacial score (nSPS) is 11.6. The largest absolute Gasteiger partial charge is 0.476 e. The number of benzene rings is 1. The standard InChI is InChI=1S/C13H12F3N3O2/c1-2-8-3-5-9(6-4-8)7-19-11(13(14,15)16)10(12(20)21)17-18-19/h3-6H,2,7H2,1H3,(H,20,21). The third-order valence-corrected chi connectivity index (χ3v) is 2.97. The predicted molar refractivity (Wildman–Crippen MR) is 66.9 cm³/mol. The molecule has 0 aliphatic rings. The Balaban J connectivity index is 2.37. The summed E-state index contributed by atoms with van der Waals surface area (Å²) < 4.78 is 39.4. The third kappa shape index (κ3) is 3.21. The van der Waals surface area contributed by atoms with Gasteiger partial charge in [0.25, 0.3) is 0 Å². The number of halogens is 3. The summed E-state index contributed by atoms with van der Waals surface area (Å²) >= 11 is 0. The number of hydrogen-bond acceptors (Lipinski definition) is 3. The number of rotatable bonds is 4. The Kier molecular flexibility index (Phi) is 3.97. The molecule has 0 bridgehead atoms. The highest BCUT2D eigenvalue weighted by atomic mass is 19.4. The molecular weight excluding hydrogens is 287 g/mol.